The molecular weight excluding hydrogens is 272 g/mol. The van der Waals surface area contributed by atoms with Crippen molar-refractivity contribution >= 4 is 21.8 Å². The van der Waals surface area contributed by atoms with Gasteiger partial charge in [-0.05, 0) is 25.1 Å². The number of methoxy groups -OCH3 is 1. The Labute approximate surface area is 103 Å². The van der Waals surface area contributed by atoms with Crippen molar-refractivity contribution in [2.24, 2.45) is 0 Å². The molecule has 88 valence electrons. The number of halogens is 1. The van der Waals surface area contributed by atoms with Gasteiger partial charge in [0, 0.05) is 17.1 Å². The summed E-state index contributed by atoms with van der Waals surface area (Å²) in [4.78, 5) is 11.7. The fraction of sp³-hybridized carbons (Fsp3) is 0.364. The van der Waals surface area contributed by atoms with E-state index < -0.39 is 0 Å². The Morgan fingerprint density at radius 3 is 2.75 bits per heavy atom. The quantitative estimate of drug-likeness (QED) is 0.830. The Morgan fingerprint density at radius 2 is 2.19 bits per heavy atom. The number of hydrogen-bond donors (Lipinski definition) is 2. The minimum Gasteiger partial charge on any atom is -0.496 e. The van der Waals surface area contributed by atoms with Gasteiger partial charge in [-0.3, -0.25) is 10.2 Å². The average molecular weight is 287 g/mol. The van der Waals surface area contributed by atoms with Crippen LogP contribution in [-0.2, 0) is 4.79 Å². The van der Waals surface area contributed by atoms with Gasteiger partial charge in [0.1, 0.15) is 5.75 Å². The van der Waals surface area contributed by atoms with Crippen molar-refractivity contribution in [3.05, 3.63) is 28.2 Å². The van der Waals surface area contributed by atoms with Crippen LogP contribution < -0.4 is 15.6 Å². The summed E-state index contributed by atoms with van der Waals surface area (Å²) in [6.07, 6.45) is 0. The van der Waals surface area contributed by atoms with Crippen molar-refractivity contribution in [1.82, 2.24) is 10.9 Å². The van der Waals surface area contributed by atoms with Crippen LogP contribution in [0.25, 0.3) is 0 Å². The van der Waals surface area contributed by atoms with Gasteiger partial charge < -0.3 is 4.74 Å². The van der Waals surface area contributed by atoms with E-state index in [9.17, 15) is 4.79 Å². The van der Waals surface area contributed by atoms with Crippen LogP contribution in [0.2, 0.25) is 0 Å². The number of hydrazine groups is 1. The van der Waals surface area contributed by atoms with E-state index in [1.165, 1.54) is 0 Å². The second-order valence-electron chi connectivity index (χ2n) is 3.35. The topological polar surface area (TPSA) is 50.4 Å². The van der Waals surface area contributed by atoms with E-state index in [0.29, 0.717) is 5.75 Å². The van der Waals surface area contributed by atoms with Crippen molar-refractivity contribution in [2.75, 3.05) is 14.2 Å². The average Bonchev–Trinajstić information content (AvgIpc) is 2.28. The molecule has 0 aliphatic carbocycles. The van der Waals surface area contributed by atoms with Crippen LogP contribution >= 0.6 is 15.9 Å². The molecule has 5 heteroatoms. The highest BCUT2D eigenvalue weighted by molar-refractivity contribution is 9.10. The normalized spacial score (nSPS) is 12.0. The summed E-state index contributed by atoms with van der Waals surface area (Å²) >= 11 is 3.38. The highest BCUT2D eigenvalue weighted by Crippen LogP contribution is 2.29. The van der Waals surface area contributed by atoms with Gasteiger partial charge in [0.2, 0.25) is 5.91 Å². The summed E-state index contributed by atoms with van der Waals surface area (Å²) in [5, 5.41) is 0. The van der Waals surface area contributed by atoms with Gasteiger partial charge in [-0.2, -0.15) is 0 Å². The molecule has 0 saturated heterocycles. The minimum absolute atomic E-state index is 0.0982. The molecule has 1 atom stereocenters. The molecule has 0 saturated carbocycles. The number of rotatable bonds is 4. The lowest BCUT2D eigenvalue weighted by molar-refractivity contribution is -0.123. The lowest BCUT2D eigenvalue weighted by atomic mass is 9.99. The van der Waals surface area contributed by atoms with Crippen molar-refractivity contribution in [2.45, 2.75) is 12.8 Å². The number of carbonyl (C=O) groups is 1. The Balaban J connectivity index is 3.01. The molecule has 1 amide bonds. The first-order valence-electron chi connectivity index (χ1n) is 4.90. The first kappa shape index (κ1) is 13.0. The van der Waals surface area contributed by atoms with Gasteiger partial charge in [0.15, 0.2) is 0 Å². The van der Waals surface area contributed by atoms with Crippen LogP contribution in [-0.4, -0.2) is 20.1 Å². The molecule has 2 N–H and O–H groups in total. The van der Waals surface area contributed by atoms with E-state index in [2.05, 4.69) is 26.8 Å². The summed E-state index contributed by atoms with van der Waals surface area (Å²) in [5.41, 5.74) is 6.02. The van der Waals surface area contributed by atoms with Gasteiger partial charge >= 0.3 is 0 Å². The number of carbonyl (C=O) groups excluding carboxylic acids is 1. The van der Waals surface area contributed by atoms with Crippen molar-refractivity contribution < 1.29 is 9.53 Å². The second-order valence-corrected chi connectivity index (χ2v) is 4.26. The van der Waals surface area contributed by atoms with E-state index in [0.717, 1.165) is 10.0 Å². The summed E-state index contributed by atoms with van der Waals surface area (Å²) in [5.74, 6) is 0.334. The van der Waals surface area contributed by atoms with E-state index in [4.69, 9.17) is 4.74 Å². The third-order valence-corrected chi connectivity index (χ3v) is 2.79. The van der Waals surface area contributed by atoms with E-state index in [1.54, 1.807) is 14.2 Å². The van der Waals surface area contributed by atoms with Crippen LogP contribution in [0, 0.1) is 0 Å². The smallest absolute Gasteiger partial charge is 0.241 e. The van der Waals surface area contributed by atoms with Crippen molar-refractivity contribution in [3.8, 4) is 5.75 Å². The van der Waals surface area contributed by atoms with Gasteiger partial charge in [-0.25, -0.2) is 5.43 Å². The second kappa shape index (κ2) is 5.86. The third-order valence-electron chi connectivity index (χ3n) is 2.30. The largest absolute Gasteiger partial charge is 0.496 e. The van der Waals surface area contributed by atoms with Gasteiger partial charge in [0.05, 0.1) is 13.0 Å². The van der Waals surface area contributed by atoms with E-state index in [1.807, 2.05) is 25.1 Å². The molecule has 0 heterocycles. The third kappa shape index (κ3) is 2.96. The molecule has 0 spiro atoms. The van der Waals surface area contributed by atoms with E-state index >= 15 is 0 Å². The summed E-state index contributed by atoms with van der Waals surface area (Å²) in [6, 6.07) is 5.60. The fourth-order valence-corrected chi connectivity index (χ4v) is 1.80. The molecule has 0 fully saturated rings. The molecule has 16 heavy (non-hydrogen) atoms. The molecule has 1 aromatic rings. The number of hydrogen-bond acceptors (Lipinski definition) is 3. The predicted molar refractivity (Wildman–Crippen MR) is 66.3 cm³/mol. The van der Waals surface area contributed by atoms with Gasteiger partial charge in [0.25, 0.3) is 0 Å². The number of nitrogens with one attached hydrogen (secondary N) is 2. The van der Waals surface area contributed by atoms with Gasteiger partial charge in [-0.15, -0.1) is 0 Å². The molecule has 4 nitrogen and oxygen atoms in total. The van der Waals surface area contributed by atoms with Crippen LogP contribution in [0.1, 0.15) is 18.4 Å². The van der Waals surface area contributed by atoms with Crippen LogP contribution in [0.15, 0.2) is 22.7 Å². The van der Waals surface area contributed by atoms with Crippen LogP contribution in [0.3, 0.4) is 0 Å². The van der Waals surface area contributed by atoms with Crippen molar-refractivity contribution in [1.29, 1.82) is 0 Å². The lowest BCUT2D eigenvalue weighted by Crippen LogP contribution is -2.37. The SMILES string of the molecule is CNNC(=O)C(C)c1cc(Br)ccc1OC. The van der Waals surface area contributed by atoms with E-state index in [-0.39, 0.29) is 11.8 Å². The Kier molecular flexibility index (Phi) is 4.76. The number of ether oxygens (including phenoxy) is 1. The maximum absolute atomic E-state index is 11.7. The first-order chi connectivity index (χ1) is 7.60. The molecule has 0 aliphatic rings. The van der Waals surface area contributed by atoms with Crippen molar-refractivity contribution in [3.63, 3.8) is 0 Å². The highest BCUT2D eigenvalue weighted by atomic mass is 79.9. The molecule has 0 aliphatic heterocycles. The monoisotopic (exact) mass is 286 g/mol. The first-order valence-corrected chi connectivity index (χ1v) is 5.69. The predicted octanol–water partition coefficient (Wildman–Crippen LogP) is 1.81. The Hall–Kier alpha value is -1.07. The molecule has 0 radical (unpaired) electrons. The lowest BCUT2D eigenvalue weighted by Gasteiger charge is -2.15. The minimum atomic E-state index is -0.278. The maximum atomic E-state index is 11.7. The zero-order valence-corrected chi connectivity index (χ0v) is 11.1. The molecule has 0 bridgehead atoms. The van der Waals surface area contributed by atoms with Crippen LogP contribution in [0.5, 0.6) is 5.75 Å². The summed E-state index contributed by atoms with van der Waals surface area (Å²) in [6.45, 7) is 1.83. The molecule has 1 aromatic carbocycles. The molecular formula is C11H15BrN2O2. The number of benzene rings is 1. The molecule has 1 rings (SSSR count). The molecule has 0 aromatic heterocycles. The fourth-order valence-electron chi connectivity index (χ4n) is 1.42. The summed E-state index contributed by atoms with van der Waals surface area (Å²) in [7, 11) is 3.25. The number of amides is 1. The zero-order valence-electron chi connectivity index (χ0n) is 9.50. The van der Waals surface area contributed by atoms with Gasteiger partial charge in [-0.1, -0.05) is 15.9 Å². The Bertz CT molecular complexity index is 382. The standard InChI is InChI=1S/C11H15BrN2O2/c1-7(11(15)14-13-2)9-6-8(12)4-5-10(9)16-3/h4-7,13H,1-3H3,(H,14,15). The maximum Gasteiger partial charge on any atom is 0.241 e. The Morgan fingerprint density at radius 1 is 1.50 bits per heavy atom. The zero-order chi connectivity index (χ0) is 12.1. The molecule has 1 unspecified atom stereocenters. The highest BCUT2D eigenvalue weighted by Gasteiger charge is 2.18. The summed E-state index contributed by atoms with van der Waals surface area (Å²) < 4.78 is 6.15. The van der Waals surface area contributed by atoms with Crippen LogP contribution in [0.4, 0.5) is 0 Å².